The molecule has 0 radical (unpaired) electrons. The van der Waals surface area contributed by atoms with E-state index >= 15 is 0 Å². The Kier molecular flexibility index (Phi) is 5.45. The first-order valence-corrected chi connectivity index (χ1v) is 9.26. The van der Waals surface area contributed by atoms with E-state index in [4.69, 9.17) is 4.74 Å². The van der Waals surface area contributed by atoms with Crippen LogP contribution < -0.4 is 0 Å². The largest absolute Gasteiger partial charge is 0.438 e. The first-order chi connectivity index (χ1) is 12.1. The highest BCUT2D eigenvalue weighted by Crippen LogP contribution is 2.39. The van der Waals surface area contributed by atoms with E-state index in [9.17, 15) is 9.90 Å². The molecular weight excluding hydrogens is 382 g/mol. The summed E-state index contributed by atoms with van der Waals surface area (Å²) < 4.78 is 6.91. The number of carbonyl (C=O) groups is 1. The molecule has 132 valence electrons. The lowest BCUT2D eigenvalue weighted by molar-refractivity contribution is -0.0718. The van der Waals surface area contributed by atoms with Crippen LogP contribution in [0.4, 0.5) is 4.79 Å². The molecule has 25 heavy (non-hydrogen) atoms. The van der Waals surface area contributed by atoms with Crippen molar-refractivity contribution in [3.63, 3.8) is 0 Å². The van der Waals surface area contributed by atoms with Crippen molar-refractivity contribution in [2.24, 2.45) is 0 Å². The minimum absolute atomic E-state index is 0.0234. The number of hydrogen-bond donors (Lipinski definition) is 1. The molecule has 0 aromatic heterocycles. The molecule has 1 fully saturated rings. The number of halogens is 1. The van der Waals surface area contributed by atoms with Gasteiger partial charge in [-0.05, 0) is 30.2 Å². The Bertz CT molecular complexity index is 719. The molecule has 4 nitrogen and oxygen atoms in total. The lowest BCUT2D eigenvalue weighted by Crippen LogP contribution is -2.49. The number of hydrogen-bond acceptors (Lipinski definition) is 3. The highest BCUT2D eigenvalue weighted by molar-refractivity contribution is 9.10. The van der Waals surface area contributed by atoms with Crippen molar-refractivity contribution in [3.05, 3.63) is 70.2 Å². The highest BCUT2D eigenvalue weighted by atomic mass is 79.9. The molecule has 0 saturated carbocycles. The van der Waals surface area contributed by atoms with Gasteiger partial charge in [0.05, 0.1) is 6.04 Å². The van der Waals surface area contributed by atoms with Crippen LogP contribution in [0.15, 0.2) is 59.1 Å². The number of carbonyl (C=O) groups excluding carboxylic acids is 1. The smallest absolute Gasteiger partial charge is 0.411 e. The average molecular weight is 404 g/mol. The first-order valence-electron chi connectivity index (χ1n) is 8.47. The van der Waals surface area contributed by atoms with Crippen LogP contribution in [0.3, 0.4) is 0 Å². The van der Waals surface area contributed by atoms with Gasteiger partial charge in [-0.15, -0.1) is 0 Å². The van der Waals surface area contributed by atoms with Crippen LogP contribution in [0.5, 0.6) is 0 Å². The van der Waals surface area contributed by atoms with Gasteiger partial charge < -0.3 is 14.7 Å². The van der Waals surface area contributed by atoms with Crippen LogP contribution in [0.25, 0.3) is 0 Å². The van der Waals surface area contributed by atoms with Gasteiger partial charge in [-0.3, -0.25) is 0 Å². The number of aliphatic hydroxyl groups is 1. The van der Waals surface area contributed by atoms with Crippen LogP contribution in [-0.2, 0) is 10.3 Å². The number of nitrogens with zero attached hydrogens (tertiary/aromatic N) is 1. The summed E-state index contributed by atoms with van der Waals surface area (Å²) in [4.78, 5) is 14.5. The van der Waals surface area contributed by atoms with Gasteiger partial charge in [0, 0.05) is 30.5 Å². The van der Waals surface area contributed by atoms with E-state index in [1.54, 1.807) is 4.90 Å². The molecule has 2 aromatic carbocycles. The molecule has 1 amide bonds. The number of benzene rings is 2. The van der Waals surface area contributed by atoms with Crippen molar-refractivity contribution < 1.29 is 14.6 Å². The summed E-state index contributed by atoms with van der Waals surface area (Å²) in [7, 11) is 0. The Morgan fingerprint density at radius 1 is 1.20 bits per heavy atom. The number of aliphatic hydroxyl groups excluding tert-OH is 1. The predicted molar refractivity (Wildman–Crippen MR) is 100 cm³/mol. The molecule has 1 aliphatic rings. The maximum absolute atomic E-state index is 12.8. The van der Waals surface area contributed by atoms with E-state index in [0.717, 1.165) is 15.6 Å². The number of ether oxygens (including phenoxy) is 1. The van der Waals surface area contributed by atoms with Crippen molar-refractivity contribution in [1.29, 1.82) is 0 Å². The van der Waals surface area contributed by atoms with Crippen LogP contribution in [-0.4, -0.2) is 29.3 Å². The zero-order valence-corrected chi connectivity index (χ0v) is 15.8. The maximum Gasteiger partial charge on any atom is 0.411 e. The Hall–Kier alpha value is -1.85. The third-order valence-electron chi connectivity index (χ3n) is 4.91. The number of amides is 1. The van der Waals surface area contributed by atoms with Gasteiger partial charge in [0.2, 0.25) is 0 Å². The Balaban J connectivity index is 1.81. The average Bonchev–Trinajstić information content (AvgIpc) is 2.63. The monoisotopic (exact) mass is 403 g/mol. The first kappa shape index (κ1) is 18.0. The second-order valence-electron chi connectivity index (χ2n) is 6.37. The SMILES string of the molecule is C[C@@H](c1ccc(Br)cc1)N1CC[C@](CCO)(c2ccccc2)OC1=O. The van der Waals surface area contributed by atoms with Crippen molar-refractivity contribution in [2.75, 3.05) is 13.2 Å². The Morgan fingerprint density at radius 3 is 2.48 bits per heavy atom. The zero-order chi connectivity index (χ0) is 17.9. The zero-order valence-electron chi connectivity index (χ0n) is 14.2. The molecule has 0 unspecified atom stereocenters. The number of rotatable bonds is 5. The van der Waals surface area contributed by atoms with Gasteiger partial charge in [-0.25, -0.2) is 4.79 Å². The second kappa shape index (κ2) is 7.58. The molecule has 2 aromatic rings. The summed E-state index contributed by atoms with van der Waals surface area (Å²) in [6.07, 6.45) is 0.729. The van der Waals surface area contributed by atoms with E-state index < -0.39 is 5.60 Å². The Labute approximate surface area is 156 Å². The van der Waals surface area contributed by atoms with Gasteiger partial charge in [0.15, 0.2) is 0 Å². The Morgan fingerprint density at radius 2 is 1.88 bits per heavy atom. The standard InChI is InChI=1S/C20H22BrNO3/c1-15(16-7-9-18(21)10-8-16)22-13-11-20(12-14-23,25-19(22)24)17-5-3-2-4-6-17/h2-10,15,23H,11-14H2,1H3/t15-,20-/m0/s1. The van der Waals surface area contributed by atoms with E-state index in [0.29, 0.717) is 19.4 Å². The van der Waals surface area contributed by atoms with Crippen LogP contribution in [0.1, 0.15) is 36.9 Å². The quantitative estimate of drug-likeness (QED) is 0.791. The third kappa shape index (κ3) is 3.72. The predicted octanol–water partition coefficient (Wildman–Crippen LogP) is 4.63. The summed E-state index contributed by atoms with van der Waals surface area (Å²) in [5, 5.41) is 9.50. The van der Waals surface area contributed by atoms with E-state index in [2.05, 4.69) is 15.9 Å². The summed E-state index contributed by atoms with van der Waals surface area (Å²) in [6, 6.07) is 17.6. The summed E-state index contributed by atoms with van der Waals surface area (Å²) in [5.74, 6) is 0. The van der Waals surface area contributed by atoms with Crippen LogP contribution in [0, 0.1) is 0 Å². The molecule has 3 rings (SSSR count). The third-order valence-corrected chi connectivity index (χ3v) is 5.44. The van der Waals surface area contributed by atoms with Crippen molar-refractivity contribution in [3.8, 4) is 0 Å². The molecule has 0 aliphatic carbocycles. The van der Waals surface area contributed by atoms with E-state index in [1.165, 1.54) is 0 Å². The second-order valence-corrected chi connectivity index (χ2v) is 7.29. The molecule has 1 aliphatic heterocycles. The van der Waals surface area contributed by atoms with Crippen molar-refractivity contribution in [1.82, 2.24) is 4.90 Å². The van der Waals surface area contributed by atoms with Crippen LogP contribution in [0.2, 0.25) is 0 Å². The lowest BCUT2D eigenvalue weighted by Gasteiger charge is -2.43. The van der Waals surface area contributed by atoms with Gasteiger partial charge in [-0.1, -0.05) is 58.4 Å². The van der Waals surface area contributed by atoms with Crippen molar-refractivity contribution >= 4 is 22.0 Å². The van der Waals surface area contributed by atoms with Crippen LogP contribution >= 0.6 is 15.9 Å². The topological polar surface area (TPSA) is 49.8 Å². The van der Waals surface area contributed by atoms with Crippen molar-refractivity contribution in [2.45, 2.75) is 31.4 Å². The molecule has 1 heterocycles. The maximum atomic E-state index is 12.8. The molecule has 1 saturated heterocycles. The van der Waals surface area contributed by atoms with Gasteiger partial charge in [0.25, 0.3) is 0 Å². The molecule has 0 spiro atoms. The van der Waals surface area contributed by atoms with E-state index in [1.807, 2.05) is 61.5 Å². The van der Waals surface area contributed by atoms with Gasteiger partial charge >= 0.3 is 6.09 Å². The lowest BCUT2D eigenvalue weighted by atomic mass is 9.85. The molecule has 0 bridgehead atoms. The molecule has 5 heteroatoms. The van der Waals surface area contributed by atoms with Gasteiger partial charge in [-0.2, -0.15) is 0 Å². The minimum atomic E-state index is -0.747. The fraction of sp³-hybridized carbons (Fsp3) is 0.350. The molecular formula is C20H22BrNO3. The number of cyclic esters (lactones) is 1. The minimum Gasteiger partial charge on any atom is -0.438 e. The van der Waals surface area contributed by atoms with Gasteiger partial charge in [0.1, 0.15) is 5.60 Å². The fourth-order valence-electron chi connectivity index (χ4n) is 3.39. The normalized spacial score (nSPS) is 21.7. The molecule has 1 N–H and O–H groups in total. The molecule has 2 atom stereocenters. The fourth-order valence-corrected chi connectivity index (χ4v) is 3.65. The summed E-state index contributed by atoms with van der Waals surface area (Å²) >= 11 is 3.43. The summed E-state index contributed by atoms with van der Waals surface area (Å²) in [6.45, 7) is 2.57. The summed E-state index contributed by atoms with van der Waals surface area (Å²) in [5.41, 5.74) is 1.26. The highest BCUT2D eigenvalue weighted by Gasteiger charge is 2.43. The van der Waals surface area contributed by atoms with E-state index in [-0.39, 0.29) is 18.7 Å².